The summed E-state index contributed by atoms with van der Waals surface area (Å²) in [4.78, 5) is 9.79. The molecule has 1 aliphatic heterocycles. The molecule has 2 N–H and O–H groups in total. The van der Waals surface area contributed by atoms with E-state index in [-0.39, 0.29) is 30.5 Å². The largest absolute Gasteiger partial charge is 0.416 e. The SMILES string of the molecule is CN=C(NCc1cc(C(F)(F)F)ccc1N1CCN(C)CC1)NCc1sccc1C.I. The Balaban J connectivity index is 0.00000341. The quantitative estimate of drug-likeness (QED) is 0.321. The number of guanidine groups is 1. The summed E-state index contributed by atoms with van der Waals surface area (Å²) in [5.41, 5.74) is 2.03. The highest BCUT2D eigenvalue weighted by Crippen LogP contribution is 2.33. The maximum absolute atomic E-state index is 13.3. The van der Waals surface area contributed by atoms with Gasteiger partial charge in [0.25, 0.3) is 0 Å². The summed E-state index contributed by atoms with van der Waals surface area (Å²) in [6, 6.07) is 6.07. The molecule has 0 unspecified atom stereocenters. The van der Waals surface area contributed by atoms with Crippen molar-refractivity contribution in [2.75, 3.05) is 45.2 Å². The molecular weight excluding hydrogens is 538 g/mol. The first-order chi connectivity index (χ1) is 14.3. The van der Waals surface area contributed by atoms with Crippen molar-refractivity contribution in [3.8, 4) is 0 Å². The van der Waals surface area contributed by atoms with Crippen molar-refractivity contribution < 1.29 is 13.2 Å². The molecule has 10 heteroatoms. The molecule has 1 aromatic heterocycles. The summed E-state index contributed by atoms with van der Waals surface area (Å²) in [7, 11) is 3.71. The van der Waals surface area contributed by atoms with E-state index in [1.807, 2.05) is 5.38 Å². The van der Waals surface area contributed by atoms with Gasteiger partial charge in [-0.2, -0.15) is 13.2 Å². The van der Waals surface area contributed by atoms with Crippen LogP contribution in [0.3, 0.4) is 0 Å². The highest BCUT2D eigenvalue weighted by molar-refractivity contribution is 14.0. The Morgan fingerprint density at radius 1 is 1.10 bits per heavy atom. The number of thiophene rings is 1. The maximum Gasteiger partial charge on any atom is 0.416 e. The van der Waals surface area contributed by atoms with E-state index < -0.39 is 11.7 Å². The van der Waals surface area contributed by atoms with Crippen LogP contribution in [0.5, 0.6) is 0 Å². The van der Waals surface area contributed by atoms with E-state index in [9.17, 15) is 13.2 Å². The van der Waals surface area contributed by atoms with Gasteiger partial charge < -0.3 is 20.4 Å². The van der Waals surface area contributed by atoms with Crippen molar-refractivity contribution in [3.05, 3.63) is 51.2 Å². The normalized spacial score (nSPS) is 15.5. The van der Waals surface area contributed by atoms with Crippen LogP contribution >= 0.6 is 35.3 Å². The molecule has 31 heavy (non-hydrogen) atoms. The Morgan fingerprint density at radius 2 is 1.77 bits per heavy atom. The van der Waals surface area contributed by atoms with Gasteiger partial charge in [-0.15, -0.1) is 35.3 Å². The predicted molar refractivity (Wildman–Crippen MR) is 133 cm³/mol. The number of hydrogen-bond donors (Lipinski definition) is 2. The Morgan fingerprint density at radius 3 is 2.35 bits per heavy atom. The van der Waals surface area contributed by atoms with E-state index in [0.29, 0.717) is 18.1 Å². The summed E-state index contributed by atoms with van der Waals surface area (Å²) < 4.78 is 39.9. The molecule has 0 spiro atoms. The van der Waals surface area contributed by atoms with Crippen LogP contribution in [0, 0.1) is 6.92 Å². The number of hydrogen-bond acceptors (Lipinski definition) is 4. The highest BCUT2D eigenvalue weighted by atomic mass is 127. The molecule has 3 rings (SSSR count). The second kappa shape index (κ2) is 11.4. The lowest BCUT2D eigenvalue weighted by molar-refractivity contribution is -0.137. The fourth-order valence-corrected chi connectivity index (χ4v) is 4.25. The number of likely N-dealkylation sites (N-methyl/N-ethyl adjacent to an activating group) is 1. The monoisotopic (exact) mass is 567 g/mol. The molecule has 172 valence electrons. The van der Waals surface area contributed by atoms with Gasteiger partial charge in [0.1, 0.15) is 0 Å². The third-order valence-electron chi connectivity index (χ3n) is 5.31. The van der Waals surface area contributed by atoms with Crippen LogP contribution in [-0.4, -0.2) is 51.1 Å². The van der Waals surface area contributed by atoms with E-state index in [0.717, 1.165) is 31.9 Å². The number of rotatable bonds is 5. The molecule has 1 aromatic carbocycles. The van der Waals surface area contributed by atoms with Gasteiger partial charge in [0.15, 0.2) is 5.96 Å². The molecule has 2 heterocycles. The van der Waals surface area contributed by atoms with E-state index in [2.05, 4.69) is 45.5 Å². The van der Waals surface area contributed by atoms with E-state index in [1.54, 1.807) is 24.5 Å². The van der Waals surface area contributed by atoms with Crippen LogP contribution in [0.1, 0.15) is 21.6 Å². The lowest BCUT2D eigenvalue weighted by Crippen LogP contribution is -2.45. The van der Waals surface area contributed by atoms with Gasteiger partial charge in [0, 0.05) is 50.3 Å². The summed E-state index contributed by atoms with van der Waals surface area (Å²) >= 11 is 1.66. The third kappa shape index (κ3) is 6.98. The second-order valence-electron chi connectivity index (χ2n) is 7.44. The number of aryl methyl sites for hydroxylation is 1. The number of alkyl halides is 3. The average molecular weight is 567 g/mol. The summed E-state index contributed by atoms with van der Waals surface area (Å²) in [5.74, 6) is 0.560. The molecule has 1 fully saturated rings. The zero-order valence-corrected chi connectivity index (χ0v) is 21.1. The third-order valence-corrected chi connectivity index (χ3v) is 6.33. The Labute approximate surface area is 202 Å². The molecular formula is C21H29F3IN5S. The van der Waals surface area contributed by atoms with Crippen LogP contribution < -0.4 is 15.5 Å². The van der Waals surface area contributed by atoms with Crippen molar-refractivity contribution in [3.63, 3.8) is 0 Å². The van der Waals surface area contributed by atoms with Gasteiger partial charge >= 0.3 is 6.18 Å². The first-order valence-corrected chi connectivity index (χ1v) is 10.8. The smallest absolute Gasteiger partial charge is 0.369 e. The summed E-state index contributed by atoms with van der Waals surface area (Å²) in [5, 5.41) is 8.45. The lowest BCUT2D eigenvalue weighted by atomic mass is 10.1. The first kappa shape index (κ1) is 25.7. The van der Waals surface area contributed by atoms with Gasteiger partial charge in [0.05, 0.1) is 12.1 Å². The van der Waals surface area contributed by atoms with Crippen molar-refractivity contribution in [2.24, 2.45) is 4.99 Å². The van der Waals surface area contributed by atoms with Gasteiger partial charge in [-0.05, 0) is 54.7 Å². The molecule has 0 bridgehead atoms. The standard InChI is InChI=1S/C21H28F3N5S.HI/c1-15-6-11-30-19(15)14-27-20(25-2)26-13-16-12-17(21(22,23)24)4-5-18(16)29-9-7-28(3)8-10-29;/h4-6,11-12H,7-10,13-14H2,1-3H3,(H2,25,26,27);1H. The maximum atomic E-state index is 13.3. The molecule has 2 aromatic rings. The topological polar surface area (TPSA) is 42.9 Å². The highest BCUT2D eigenvalue weighted by Gasteiger charge is 2.31. The van der Waals surface area contributed by atoms with Crippen LogP contribution in [0.15, 0.2) is 34.6 Å². The number of halogens is 4. The summed E-state index contributed by atoms with van der Waals surface area (Å²) in [6.45, 7) is 6.29. The molecule has 0 amide bonds. The number of nitrogens with zero attached hydrogens (tertiary/aromatic N) is 3. The zero-order chi connectivity index (χ0) is 21.7. The molecule has 0 atom stereocenters. The van der Waals surface area contributed by atoms with Crippen LogP contribution in [0.25, 0.3) is 0 Å². The predicted octanol–water partition coefficient (Wildman–Crippen LogP) is 4.31. The number of benzene rings is 1. The van der Waals surface area contributed by atoms with Crippen molar-refractivity contribution in [2.45, 2.75) is 26.2 Å². The van der Waals surface area contributed by atoms with Crippen molar-refractivity contribution >= 4 is 47.0 Å². The minimum atomic E-state index is -4.37. The molecule has 0 radical (unpaired) electrons. The number of nitrogens with one attached hydrogen (secondary N) is 2. The van der Waals surface area contributed by atoms with Crippen molar-refractivity contribution in [1.29, 1.82) is 0 Å². The van der Waals surface area contributed by atoms with Crippen LogP contribution in [-0.2, 0) is 19.3 Å². The van der Waals surface area contributed by atoms with Crippen molar-refractivity contribution in [1.82, 2.24) is 15.5 Å². The molecule has 1 aliphatic rings. The fraction of sp³-hybridized carbons (Fsp3) is 0.476. The van der Waals surface area contributed by atoms with E-state index in [4.69, 9.17) is 0 Å². The molecule has 0 aliphatic carbocycles. The van der Waals surface area contributed by atoms with Crippen LogP contribution in [0.2, 0.25) is 0 Å². The number of anilines is 1. The number of aliphatic imine (C=N–C) groups is 1. The Hall–Kier alpha value is -1.53. The first-order valence-electron chi connectivity index (χ1n) is 9.89. The summed E-state index contributed by atoms with van der Waals surface area (Å²) in [6.07, 6.45) is -4.37. The van der Waals surface area contributed by atoms with Gasteiger partial charge in [0.2, 0.25) is 0 Å². The van der Waals surface area contributed by atoms with Gasteiger partial charge in [-0.3, -0.25) is 4.99 Å². The minimum absolute atomic E-state index is 0. The van der Waals surface area contributed by atoms with Gasteiger partial charge in [-0.1, -0.05) is 0 Å². The van der Waals surface area contributed by atoms with Crippen LogP contribution in [0.4, 0.5) is 18.9 Å². The molecule has 5 nitrogen and oxygen atoms in total. The van der Waals surface area contributed by atoms with E-state index >= 15 is 0 Å². The number of piperazine rings is 1. The minimum Gasteiger partial charge on any atom is -0.369 e. The molecule has 0 saturated carbocycles. The average Bonchev–Trinajstić information content (AvgIpc) is 3.13. The lowest BCUT2D eigenvalue weighted by Gasteiger charge is -2.35. The van der Waals surface area contributed by atoms with E-state index in [1.165, 1.54) is 22.6 Å². The Kier molecular flexibility index (Phi) is 9.44. The zero-order valence-electron chi connectivity index (χ0n) is 17.9. The second-order valence-corrected chi connectivity index (χ2v) is 8.44. The fourth-order valence-electron chi connectivity index (χ4n) is 3.41. The van der Waals surface area contributed by atoms with Gasteiger partial charge in [-0.25, -0.2) is 0 Å². The molecule has 1 saturated heterocycles. The Bertz CT molecular complexity index is 876.